The van der Waals surface area contributed by atoms with E-state index in [0.29, 0.717) is 37.0 Å². The van der Waals surface area contributed by atoms with E-state index in [4.69, 9.17) is 4.42 Å². The Morgan fingerprint density at radius 3 is 1.44 bits per heavy atom. The van der Waals surface area contributed by atoms with E-state index in [1.165, 1.54) is 32.9 Å². The molecular formula is C29H42N2O6S2. The van der Waals surface area contributed by atoms with Crippen LogP contribution in [0.1, 0.15) is 79.1 Å². The predicted octanol–water partition coefficient (Wildman–Crippen LogP) is 6.13. The first-order chi connectivity index (χ1) is 18.6. The second-order valence-electron chi connectivity index (χ2n) is 9.98. The molecule has 0 fully saturated rings. The molecule has 0 amide bonds. The average molecular weight is 579 g/mol. The Balaban J connectivity index is 2.06. The van der Waals surface area contributed by atoms with Crippen LogP contribution in [0.5, 0.6) is 0 Å². The maximum absolute atomic E-state index is 13.5. The first-order valence-electron chi connectivity index (χ1n) is 14.1. The van der Waals surface area contributed by atoms with Gasteiger partial charge in [-0.3, -0.25) is 0 Å². The van der Waals surface area contributed by atoms with Crippen LogP contribution in [0.25, 0.3) is 21.7 Å². The number of sulfonamides is 2. The summed E-state index contributed by atoms with van der Waals surface area (Å²) in [6.07, 6.45) is 6.53. The normalized spacial score (nSPS) is 12.8. The van der Waals surface area contributed by atoms with Gasteiger partial charge in [-0.15, -0.1) is 0 Å². The van der Waals surface area contributed by atoms with Crippen LogP contribution in [0.2, 0.25) is 0 Å². The van der Waals surface area contributed by atoms with Crippen LogP contribution >= 0.6 is 0 Å². The van der Waals surface area contributed by atoms with Gasteiger partial charge in [0.15, 0.2) is 0 Å². The van der Waals surface area contributed by atoms with Crippen LogP contribution in [0.15, 0.2) is 55.4 Å². The molecule has 0 N–H and O–H groups in total. The Labute approximate surface area is 233 Å². The van der Waals surface area contributed by atoms with Crippen LogP contribution in [-0.2, 0) is 20.0 Å². The smallest absolute Gasteiger partial charge is 0.344 e. The third-order valence-electron chi connectivity index (χ3n) is 6.98. The van der Waals surface area contributed by atoms with Crippen molar-refractivity contribution in [3.05, 3.63) is 46.8 Å². The molecule has 216 valence electrons. The molecule has 0 aliphatic heterocycles. The fourth-order valence-electron chi connectivity index (χ4n) is 4.55. The molecule has 10 heteroatoms. The summed E-state index contributed by atoms with van der Waals surface area (Å²) in [5.74, 6) is 0. The van der Waals surface area contributed by atoms with Crippen molar-refractivity contribution in [2.24, 2.45) is 0 Å². The molecule has 3 aromatic rings. The standard InChI is InChI=1S/C29H42N2O6S2/c1-5-9-17-30(18-10-6-2)38(33,34)23-13-15-25-26-16-14-24(22-28(26)37-29(32)27(25)21-23)39(35,36)31(19-11-7-3)20-12-8-4/h13-16,21-22H,5-12,17-20H2,1-4H3. The second-order valence-corrected chi connectivity index (χ2v) is 13.9. The first kappa shape index (κ1) is 31.3. The van der Waals surface area contributed by atoms with Crippen molar-refractivity contribution in [3.8, 4) is 0 Å². The average Bonchev–Trinajstić information content (AvgIpc) is 2.92. The first-order valence-corrected chi connectivity index (χ1v) is 17.0. The van der Waals surface area contributed by atoms with Gasteiger partial charge in [-0.1, -0.05) is 59.4 Å². The van der Waals surface area contributed by atoms with Crippen LogP contribution < -0.4 is 5.63 Å². The SMILES string of the molecule is CCCCN(CCCC)S(=O)(=O)c1ccc2c(c1)oc(=O)c1cc(S(=O)(=O)N(CCCC)CCCC)ccc12. The molecule has 1 heterocycles. The van der Waals surface area contributed by atoms with E-state index < -0.39 is 25.7 Å². The van der Waals surface area contributed by atoms with Crippen molar-refractivity contribution < 1.29 is 21.3 Å². The summed E-state index contributed by atoms with van der Waals surface area (Å²) < 4.78 is 62.3. The van der Waals surface area contributed by atoms with Gasteiger partial charge in [-0.25, -0.2) is 21.6 Å². The lowest BCUT2D eigenvalue weighted by atomic mass is 10.1. The number of fused-ring (bicyclic) bond motifs is 3. The Hall–Kier alpha value is -2.27. The van der Waals surface area contributed by atoms with Gasteiger partial charge >= 0.3 is 5.63 Å². The van der Waals surface area contributed by atoms with Gasteiger partial charge in [-0.05, 0) is 49.9 Å². The molecule has 0 atom stereocenters. The van der Waals surface area contributed by atoms with Gasteiger partial charge in [0.25, 0.3) is 0 Å². The van der Waals surface area contributed by atoms with Crippen molar-refractivity contribution in [1.29, 1.82) is 0 Å². The molecule has 0 saturated heterocycles. The van der Waals surface area contributed by atoms with E-state index >= 15 is 0 Å². The summed E-state index contributed by atoms with van der Waals surface area (Å²) in [6, 6.07) is 9.07. The fraction of sp³-hybridized carbons (Fsp3) is 0.552. The molecule has 8 nitrogen and oxygen atoms in total. The van der Waals surface area contributed by atoms with Gasteiger partial charge in [0.05, 0.1) is 15.2 Å². The lowest BCUT2D eigenvalue weighted by molar-refractivity contribution is 0.395. The molecule has 39 heavy (non-hydrogen) atoms. The van der Waals surface area contributed by atoms with E-state index in [9.17, 15) is 21.6 Å². The molecule has 0 bridgehead atoms. The number of benzene rings is 2. The van der Waals surface area contributed by atoms with Gasteiger partial charge in [0, 0.05) is 43.0 Å². The minimum Gasteiger partial charge on any atom is -0.422 e. The quantitative estimate of drug-likeness (QED) is 0.150. The van der Waals surface area contributed by atoms with Crippen LogP contribution in [-0.4, -0.2) is 51.6 Å². The second kappa shape index (κ2) is 13.9. The van der Waals surface area contributed by atoms with E-state index in [2.05, 4.69) is 0 Å². The van der Waals surface area contributed by atoms with Crippen LogP contribution in [0.3, 0.4) is 0 Å². The predicted molar refractivity (Wildman–Crippen MR) is 157 cm³/mol. The Bertz CT molecular complexity index is 1510. The zero-order valence-corrected chi connectivity index (χ0v) is 25.2. The molecular weight excluding hydrogens is 536 g/mol. The van der Waals surface area contributed by atoms with Gasteiger partial charge in [0.1, 0.15) is 5.58 Å². The Morgan fingerprint density at radius 2 is 1.00 bits per heavy atom. The summed E-state index contributed by atoms with van der Waals surface area (Å²) in [6.45, 7) is 9.79. The minimum atomic E-state index is -3.79. The highest BCUT2D eigenvalue weighted by Crippen LogP contribution is 2.29. The van der Waals surface area contributed by atoms with E-state index in [1.807, 2.05) is 27.7 Å². The number of hydrogen-bond donors (Lipinski definition) is 0. The van der Waals surface area contributed by atoms with Crippen LogP contribution in [0.4, 0.5) is 0 Å². The molecule has 0 unspecified atom stereocenters. The minimum absolute atomic E-state index is 0.0514. The topological polar surface area (TPSA) is 105 Å². The summed E-state index contributed by atoms with van der Waals surface area (Å²) >= 11 is 0. The maximum atomic E-state index is 13.5. The maximum Gasteiger partial charge on any atom is 0.344 e. The van der Waals surface area contributed by atoms with Gasteiger partial charge in [-0.2, -0.15) is 8.61 Å². The van der Waals surface area contributed by atoms with Crippen molar-refractivity contribution in [1.82, 2.24) is 8.61 Å². The molecule has 1 aromatic heterocycles. The number of hydrogen-bond acceptors (Lipinski definition) is 6. The highest BCUT2D eigenvalue weighted by molar-refractivity contribution is 7.89. The monoisotopic (exact) mass is 578 g/mol. The van der Waals surface area contributed by atoms with Gasteiger partial charge in [0.2, 0.25) is 20.0 Å². The molecule has 3 rings (SSSR count). The number of nitrogens with zero attached hydrogens (tertiary/aromatic N) is 2. The summed E-state index contributed by atoms with van der Waals surface area (Å²) in [4.78, 5) is 13.2. The van der Waals surface area contributed by atoms with Crippen LogP contribution in [0, 0.1) is 0 Å². The lowest BCUT2D eigenvalue weighted by Gasteiger charge is -2.22. The third kappa shape index (κ3) is 7.09. The van der Waals surface area contributed by atoms with Crippen molar-refractivity contribution in [3.63, 3.8) is 0 Å². The largest absolute Gasteiger partial charge is 0.422 e. The van der Waals surface area contributed by atoms with Crippen molar-refractivity contribution >= 4 is 41.8 Å². The molecule has 2 aromatic carbocycles. The molecule has 0 saturated carbocycles. The zero-order valence-electron chi connectivity index (χ0n) is 23.6. The third-order valence-corrected chi connectivity index (χ3v) is 10.8. The Morgan fingerprint density at radius 1 is 0.590 bits per heavy atom. The molecule has 0 aliphatic rings. The lowest BCUT2D eigenvalue weighted by Crippen LogP contribution is -2.33. The fourth-order valence-corrected chi connectivity index (χ4v) is 7.63. The highest BCUT2D eigenvalue weighted by Gasteiger charge is 2.26. The summed E-state index contributed by atoms with van der Waals surface area (Å²) in [7, 11) is -7.56. The summed E-state index contributed by atoms with van der Waals surface area (Å²) in [5, 5.41) is 1.22. The van der Waals surface area contributed by atoms with E-state index in [1.54, 1.807) is 12.1 Å². The van der Waals surface area contributed by atoms with E-state index in [0.717, 1.165) is 51.4 Å². The zero-order chi connectivity index (χ0) is 28.6. The van der Waals surface area contributed by atoms with Crippen molar-refractivity contribution in [2.75, 3.05) is 26.2 Å². The van der Waals surface area contributed by atoms with Crippen molar-refractivity contribution in [2.45, 2.75) is 88.9 Å². The Kier molecular flexibility index (Phi) is 11.1. The van der Waals surface area contributed by atoms with Gasteiger partial charge < -0.3 is 4.42 Å². The molecule has 0 spiro atoms. The highest BCUT2D eigenvalue weighted by atomic mass is 32.2. The molecule has 0 radical (unpaired) electrons. The summed E-state index contributed by atoms with van der Waals surface area (Å²) in [5.41, 5.74) is -0.547. The van der Waals surface area contributed by atoms with E-state index in [-0.39, 0.29) is 20.8 Å². The number of rotatable bonds is 16. The number of unbranched alkanes of at least 4 members (excludes halogenated alkanes) is 4. The molecule has 0 aliphatic carbocycles.